The van der Waals surface area contributed by atoms with Crippen LogP contribution in [0, 0.1) is 0 Å². The SMILES string of the molecule is Brc1ccccc1SCCSc1ccccc1Br. The van der Waals surface area contributed by atoms with Crippen molar-refractivity contribution in [2.45, 2.75) is 9.79 Å². The molecule has 0 saturated carbocycles. The van der Waals surface area contributed by atoms with E-state index in [9.17, 15) is 0 Å². The third kappa shape index (κ3) is 4.34. The lowest BCUT2D eigenvalue weighted by Crippen LogP contribution is -1.85. The number of hydrogen-bond donors (Lipinski definition) is 0. The van der Waals surface area contributed by atoms with Crippen LogP contribution in [-0.2, 0) is 0 Å². The summed E-state index contributed by atoms with van der Waals surface area (Å²) >= 11 is 10.9. The van der Waals surface area contributed by atoms with Crippen molar-refractivity contribution >= 4 is 55.4 Å². The highest BCUT2D eigenvalue weighted by Crippen LogP contribution is 2.30. The van der Waals surface area contributed by atoms with Gasteiger partial charge in [-0.25, -0.2) is 0 Å². The summed E-state index contributed by atoms with van der Waals surface area (Å²) in [6.07, 6.45) is 0. The van der Waals surface area contributed by atoms with Crippen LogP contribution in [0.1, 0.15) is 0 Å². The molecule has 2 aromatic carbocycles. The Balaban J connectivity index is 1.80. The molecule has 0 saturated heterocycles. The van der Waals surface area contributed by atoms with Gasteiger partial charge in [-0.3, -0.25) is 0 Å². The van der Waals surface area contributed by atoms with Gasteiger partial charge in [0.1, 0.15) is 0 Å². The van der Waals surface area contributed by atoms with Crippen LogP contribution in [0.4, 0.5) is 0 Å². The summed E-state index contributed by atoms with van der Waals surface area (Å²) in [6, 6.07) is 16.7. The molecule has 0 aliphatic heterocycles. The molecule has 0 nitrogen and oxygen atoms in total. The zero-order valence-corrected chi connectivity index (χ0v) is 14.4. The van der Waals surface area contributed by atoms with Crippen LogP contribution in [0.25, 0.3) is 0 Å². The van der Waals surface area contributed by atoms with Crippen molar-refractivity contribution in [1.29, 1.82) is 0 Å². The average Bonchev–Trinajstić information content (AvgIpc) is 2.38. The molecular formula is C14H12Br2S2. The second-order valence-corrected chi connectivity index (χ2v) is 7.54. The predicted molar refractivity (Wildman–Crippen MR) is 89.7 cm³/mol. The van der Waals surface area contributed by atoms with Crippen molar-refractivity contribution in [2.75, 3.05) is 11.5 Å². The minimum absolute atomic E-state index is 1.11. The Hall–Kier alpha value is 0.1000. The highest BCUT2D eigenvalue weighted by atomic mass is 79.9. The van der Waals surface area contributed by atoms with Crippen LogP contribution in [0.5, 0.6) is 0 Å². The minimum Gasteiger partial charge on any atom is -0.124 e. The van der Waals surface area contributed by atoms with Gasteiger partial charge < -0.3 is 0 Å². The van der Waals surface area contributed by atoms with Gasteiger partial charge in [-0.2, -0.15) is 0 Å². The fourth-order valence-corrected chi connectivity index (χ4v) is 4.55. The van der Waals surface area contributed by atoms with Gasteiger partial charge in [0, 0.05) is 30.2 Å². The molecule has 2 rings (SSSR count). The number of halogens is 2. The number of rotatable bonds is 5. The Bertz CT molecular complexity index is 467. The summed E-state index contributed by atoms with van der Waals surface area (Å²) in [7, 11) is 0. The van der Waals surface area contributed by atoms with E-state index in [1.165, 1.54) is 18.7 Å². The van der Waals surface area contributed by atoms with E-state index in [-0.39, 0.29) is 0 Å². The van der Waals surface area contributed by atoms with E-state index in [0.717, 1.165) is 11.5 Å². The van der Waals surface area contributed by atoms with E-state index in [0.29, 0.717) is 0 Å². The maximum absolute atomic E-state index is 3.57. The minimum atomic E-state index is 1.11. The van der Waals surface area contributed by atoms with Gasteiger partial charge in [0.05, 0.1) is 0 Å². The molecule has 94 valence electrons. The molecule has 0 bridgehead atoms. The summed E-state index contributed by atoms with van der Waals surface area (Å²) in [5.74, 6) is 2.21. The predicted octanol–water partition coefficient (Wildman–Crippen LogP) is 6.10. The van der Waals surface area contributed by atoms with E-state index in [1.54, 1.807) is 0 Å². The zero-order valence-electron chi connectivity index (χ0n) is 9.61. The molecule has 0 N–H and O–H groups in total. The molecule has 0 heterocycles. The van der Waals surface area contributed by atoms with Gasteiger partial charge in [0.25, 0.3) is 0 Å². The van der Waals surface area contributed by atoms with E-state index in [4.69, 9.17) is 0 Å². The number of benzene rings is 2. The van der Waals surface area contributed by atoms with E-state index >= 15 is 0 Å². The quantitative estimate of drug-likeness (QED) is 0.437. The molecule has 2 aromatic rings. The van der Waals surface area contributed by atoms with E-state index in [1.807, 2.05) is 35.7 Å². The Morgan fingerprint density at radius 3 is 1.44 bits per heavy atom. The monoisotopic (exact) mass is 402 g/mol. The second kappa shape index (κ2) is 7.63. The zero-order chi connectivity index (χ0) is 12.8. The van der Waals surface area contributed by atoms with Gasteiger partial charge in [0.15, 0.2) is 0 Å². The fourth-order valence-electron chi connectivity index (χ4n) is 1.43. The number of hydrogen-bond acceptors (Lipinski definition) is 2. The third-order valence-corrected chi connectivity index (χ3v) is 6.59. The Labute approximate surface area is 133 Å². The lowest BCUT2D eigenvalue weighted by atomic mass is 10.4. The van der Waals surface area contributed by atoms with Gasteiger partial charge in [-0.1, -0.05) is 24.3 Å². The highest BCUT2D eigenvalue weighted by molar-refractivity contribution is 9.10. The molecule has 4 heteroatoms. The van der Waals surface area contributed by atoms with Crippen molar-refractivity contribution in [2.24, 2.45) is 0 Å². The summed E-state index contributed by atoms with van der Waals surface area (Å²) in [4.78, 5) is 2.62. The topological polar surface area (TPSA) is 0 Å². The maximum atomic E-state index is 3.57. The van der Waals surface area contributed by atoms with Gasteiger partial charge in [-0.15, -0.1) is 23.5 Å². The Morgan fingerprint density at radius 2 is 1.06 bits per heavy atom. The third-order valence-electron chi connectivity index (χ3n) is 2.27. The van der Waals surface area contributed by atoms with Crippen molar-refractivity contribution in [3.63, 3.8) is 0 Å². The largest absolute Gasteiger partial charge is 0.124 e. The molecule has 0 aliphatic carbocycles. The summed E-state index contributed by atoms with van der Waals surface area (Å²) in [5, 5.41) is 0. The lowest BCUT2D eigenvalue weighted by molar-refractivity contribution is 1.37. The van der Waals surface area contributed by atoms with Crippen molar-refractivity contribution in [3.8, 4) is 0 Å². The first-order valence-electron chi connectivity index (χ1n) is 5.52. The average molecular weight is 404 g/mol. The Kier molecular flexibility index (Phi) is 6.15. The molecule has 0 unspecified atom stereocenters. The number of thioether (sulfide) groups is 2. The van der Waals surface area contributed by atoms with Crippen molar-refractivity contribution in [3.05, 3.63) is 57.5 Å². The van der Waals surface area contributed by atoms with E-state index < -0.39 is 0 Å². The fraction of sp³-hybridized carbons (Fsp3) is 0.143. The second-order valence-electron chi connectivity index (χ2n) is 3.56. The highest BCUT2D eigenvalue weighted by Gasteiger charge is 2.01. The van der Waals surface area contributed by atoms with Gasteiger partial charge in [0.2, 0.25) is 0 Å². The smallest absolute Gasteiger partial charge is 0.0311 e. The van der Waals surface area contributed by atoms with Crippen LogP contribution in [-0.4, -0.2) is 11.5 Å². The normalized spacial score (nSPS) is 10.6. The van der Waals surface area contributed by atoms with Gasteiger partial charge >= 0.3 is 0 Å². The molecule has 0 amide bonds. The summed E-state index contributed by atoms with van der Waals surface area (Å²) in [6.45, 7) is 0. The molecule has 0 spiro atoms. The van der Waals surface area contributed by atoms with Crippen LogP contribution in [0.15, 0.2) is 67.3 Å². The van der Waals surface area contributed by atoms with Crippen LogP contribution in [0.3, 0.4) is 0 Å². The van der Waals surface area contributed by atoms with Gasteiger partial charge in [-0.05, 0) is 56.1 Å². The molecule has 0 aromatic heterocycles. The molecule has 0 radical (unpaired) electrons. The molecule has 0 atom stereocenters. The summed E-state index contributed by atoms with van der Waals surface area (Å²) < 4.78 is 2.36. The van der Waals surface area contributed by atoms with Crippen LogP contribution in [0.2, 0.25) is 0 Å². The Morgan fingerprint density at radius 1 is 0.667 bits per heavy atom. The molecule has 0 fully saturated rings. The van der Waals surface area contributed by atoms with Crippen molar-refractivity contribution in [1.82, 2.24) is 0 Å². The first-order chi connectivity index (χ1) is 8.77. The first-order valence-corrected chi connectivity index (χ1v) is 9.08. The molecular weight excluding hydrogens is 392 g/mol. The molecule has 18 heavy (non-hydrogen) atoms. The maximum Gasteiger partial charge on any atom is 0.0311 e. The van der Waals surface area contributed by atoms with Crippen LogP contribution < -0.4 is 0 Å². The summed E-state index contributed by atoms with van der Waals surface area (Å²) in [5.41, 5.74) is 0. The standard InChI is InChI=1S/C14H12Br2S2/c15-11-5-1-3-7-13(11)17-9-10-18-14-8-4-2-6-12(14)16/h1-8H,9-10H2. The van der Waals surface area contributed by atoms with Crippen LogP contribution >= 0.6 is 55.4 Å². The first kappa shape index (κ1) is 14.5. The van der Waals surface area contributed by atoms with Crippen molar-refractivity contribution < 1.29 is 0 Å². The lowest BCUT2D eigenvalue weighted by Gasteiger charge is -2.05. The molecule has 0 aliphatic rings. The van der Waals surface area contributed by atoms with E-state index in [2.05, 4.69) is 68.3 Å².